The standard InChI is InChI=1S/C27H23ClFNO4/c1-2-34-22-13-7-19(8-14-22)25(31)23-24(18-5-9-20(28)10-6-18)30(27(33)26(23)32)16-15-17-3-11-21(29)12-4-17/h3-14,24,31H,2,15-16H2,1H3/b25-23-. The van der Waals surface area contributed by atoms with Crippen molar-refractivity contribution in [3.8, 4) is 5.75 Å². The molecule has 5 nitrogen and oxygen atoms in total. The molecular weight excluding hydrogens is 457 g/mol. The topological polar surface area (TPSA) is 66.8 Å². The van der Waals surface area contributed by atoms with E-state index in [2.05, 4.69) is 0 Å². The minimum Gasteiger partial charge on any atom is -0.507 e. The molecule has 34 heavy (non-hydrogen) atoms. The Labute approximate surface area is 202 Å². The van der Waals surface area contributed by atoms with Gasteiger partial charge in [-0.1, -0.05) is 35.9 Å². The zero-order valence-electron chi connectivity index (χ0n) is 18.5. The van der Waals surface area contributed by atoms with E-state index in [0.29, 0.717) is 34.9 Å². The van der Waals surface area contributed by atoms with Gasteiger partial charge in [0.15, 0.2) is 0 Å². The minimum atomic E-state index is -0.788. The first-order valence-electron chi connectivity index (χ1n) is 10.9. The Morgan fingerprint density at radius 3 is 2.26 bits per heavy atom. The van der Waals surface area contributed by atoms with Gasteiger partial charge in [-0.15, -0.1) is 0 Å². The van der Waals surface area contributed by atoms with Gasteiger partial charge in [0.25, 0.3) is 11.7 Å². The summed E-state index contributed by atoms with van der Waals surface area (Å²) in [6.07, 6.45) is 0.417. The van der Waals surface area contributed by atoms with Crippen LogP contribution in [0, 0.1) is 5.82 Å². The van der Waals surface area contributed by atoms with Crippen molar-refractivity contribution in [1.82, 2.24) is 4.90 Å². The molecule has 4 rings (SSSR count). The molecule has 1 aliphatic heterocycles. The van der Waals surface area contributed by atoms with E-state index < -0.39 is 17.7 Å². The Hall–Kier alpha value is -3.64. The van der Waals surface area contributed by atoms with Crippen LogP contribution in [0.25, 0.3) is 5.76 Å². The normalized spacial score (nSPS) is 17.3. The van der Waals surface area contributed by atoms with Gasteiger partial charge in [0.2, 0.25) is 0 Å². The largest absolute Gasteiger partial charge is 0.507 e. The van der Waals surface area contributed by atoms with E-state index in [-0.39, 0.29) is 23.7 Å². The number of carbonyl (C=O) groups excluding carboxylic acids is 2. The molecule has 1 saturated heterocycles. The van der Waals surface area contributed by atoms with Gasteiger partial charge in [-0.05, 0) is 73.0 Å². The van der Waals surface area contributed by atoms with E-state index >= 15 is 0 Å². The molecule has 0 aliphatic carbocycles. The molecule has 0 spiro atoms. The highest BCUT2D eigenvalue weighted by Gasteiger charge is 2.45. The van der Waals surface area contributed by atoms with E-state index in [1.54, 1.807) is 60.7 Å². The summed E-state index contributed by atoms with van der Waals surface area (Å²) < 4.78 is 18.7. The zero-order valence-corrected chi connectivity index (χ0v) is 19.3. The molecule has 174 valence electrons. The van der Waals surface area contributed by atoms with Crippen LogP contribution in [0.3, 0.4) is 0 Å². The summed E-state index contributed by atoms with van der Waals surface area (Å²) in [5, 5.41) is 11.6. The number of aliphatic hydroxyl groups excluding tert-OH is 1. The van der Waals surface area contributed by atoms with Crippen LogP contribution < -0.4 is 4.74 Å². The summed E-state index contributed by atoms with van der Waals surface area (Å²) in [6, 6.07) is 18.7. The summed E-state index contributed by atoms with van der Waals surface area (Å²) in [5.41, 5.74) is 1.88. The second-order valence-electron chi connectivity index (χ2n) is 7.88. The first kappa shape index (κ1) is 23.5. The van der Waals surface area contributed by atoms with Crippen molar-refractivity contribution < 1.29 is 23.8 Å². The third-order valence-corrected chi connectivity index (χ3v) is 5.97. The number of benzene rings is 3. The van der Waals surface area contributed by atoms with Crippen LogP contribution in [0.4, 0.5) is 4.39 Å². The second-order valence-corrected chi connectivity index (χ2v) is 8.31. The molecule has 1 amide bonds. The zero-order chi connectivity index (χ0) is 24.2. The lowest BCUT2D eigenvalue weighted by Gasteiger charge is -2.25. The lowest BCUT2D eigenvalue weighted by atomic mass is 9.95. The van der Waals surface area contributed by atoms with Gasteiger partial charge < -0.3 is 14.7 Å². The average molecular weight is 480 g/mol. The monoisotopic (exact) mass is 479 g/mol. The molecule has 0 saturated carbocycles. The van der Waals surface area contributed by atoms with Crippen molar-refractivity contribution in [3.05, 3.63) is 106 Å². The number of likely N-dealkylation sites (tertiary alicyclic amines) is 1. The molecule has 1 unspecified atom stereocenters. The summed E-state index contributed by atoms with van der Waals surface area (Å²) >= 11 is 6.05. The quantitative estimate of drug-likeness (QED) is 0.274. The lowest BCUT2D eigenvalue weighted by molar-refractivity contribution is -0.139. The van der Waals surface area contributed by atoms with Crippen LogP contribution in [0.5, 0.6) is 5.75 Å². The van der Waals surface area contributed by atoms with Crippen LogP contribution in [0.15, 0.2) is 78.4 Å². The van der Waals surface area contributed by atoms with E-state index in [0.717, 1.165) is 5.56 Å². The number of Topliss-reactive ketones (excluding diaryl/α,β-unsaturated/α-hetero) is 1. The number of nitrogens with zero attached hydrogens (tertiary/aromatic N) is 1. The first-order valence-corrected chi connectivity index (χ1v) is 11.3. The third kappa shape index (κ3) is 4.82. The molecule has 1 atom stereocenters. The van der Waals surface area contributed by atoms with E-state index in [4.69, 9.17) is 16.3 Å². The van der Waals surface area contributed by atoms with Gasteiger partial charge in [-0.3, -0.25) is 9.59 Å². The molecule has 0 bridgehead atoms. The van der Waals surface area contributed by atoms with E-state index in [1.807, 2.05) is 6.92 Å². The minimum absolute atomic E-state index is 0.00980. The number of ketones is 1. The fourth-order valence-corrected chi connectivity index (χ4v) is 4.16. The van der Waals surface area contributed by atoms with Crippen LogP contribution in [0.1, 0.15) is 29.7 Å². The molecule has 1 fully saturated rings. The third-order valence-electron chi connectivity index (χ3n) is 5.72. The maximum absolute atomic E-state index is 13.3. The van der Waals surface area contributed by atoms with Gasteiger partial charge in [-0.2, -0.15) is 0 Å². The Morgan fingerprint density at radius 2 is 1.65 bits per heavy atom. The van der Waals surface area contributed by atoms with Crippen molar-refractivity contribution in [1.29, 1.82) is 0 Å². The number of hydrogen-bond donors (Lipinski definition) is 1. The van der Waals surface area contributed by atoms with Crippen LogP contribution in [-0.4, -0.2) is 34.8 Å². The van der Waals surface area contributed by atoms with Crippen molar-refractivity contribution in [2.24, 2.45) is 0 Å². The van der Waals surface area contributed by atoms with Crippen molar-refractivity contribution >= 4 is 29.1 Å². The first-order chi connectivity index (χ1) is 16.4. The molecule has 1 aliphatic rings. The van der Waals surface area contributed by atoms with E-state index in [9.17, 15) is 19.1 Å². The Bertz CT molecular complexity index is 1220. The SMILES string of the molecule is CCOc1ccc(/C(O)=C2/C(=O)C(=O)N(CCc3ccc(F)cc3)C2c2ccc(Cl)cc2)cc1. The number of aliphatic hydroxyl groups is 1. The lowest BCUT2D eigenvalue weighted by Crippen LogP contribution is -2.31. The fourth-order valence-electron chi connectivity index (χ4n) is 4.03. The number of hydrogen-bond acceptors (Lipinski definition) is 4. The number of rotatable bonds is 7. The summed E-state index contributed by atoms with van der Waals surface area (Å²) in [7, 11) is 0. The molecule has 1 heterocycles. The number of carbonyl (C=O) groups is 2. The molecule has 3 aromatic carbocycles. The highest BCUT2D eigenvalue weighted by Crippen LogP contribution is 2.40. The predicted molar refractivity (Wildman–Crippen MR) is 128 cm³/mol. The number of halogens is 2. The van der Waals surface area contributed by atoms with Crippen molar-refractivity contribution in [2.75, 3.05) is 13.2 Å². The Kier molecular flexibility index (Phi) is 6.98. The highest BCUT2D eigenvalue weighted by molar-refractivity contribution is 6.46. The smallest absolute Gasteiger partial charge is 0.295 e. The molecule has 7 heteroatoms. The summed E-state index contributed by atoms with van der Waals surface area (Å²) in [6.45, 7) is 2.58. The van der Waals surface area contributed by atoms with Crippen molar-refractivity contribution in [2.45, 2.75) is 19.4 Å². The van der Waals surface area contributed by atoms with Crippen LogP contribution >= 0.6 is 11.6 Å². The molecule has 1 N–H and O–H groups in total. The van der Waals surface area contributed by atoms with Crippen LogP contribution in [0.2, 0.25) is 5.02 Å². The predicted octanol–water partition coefficient (Wildman–Crippen LogP) is 5.54. The molecular formula is C27H23ClFNO4. The average Bonchev–Trinajstić information content (AvgIpc) is 3.09. The second kappa shape index (κ2) is 10.1. The number of ether oxygens (including phenoxy) is 1. The van der Waals surface area contributed by atoms with Gasteiger partial charge in [0.1, 0.15) is 17.3 Å². The summed E-state index contributed by atoms with van der Waals surface area (Å²) in [4.78, 5) is 27.6. The van der Waals surface area contributed by atoms with Gasteiger partial charge in [0, 0.05) is 17.1 Å². The van der Waals surface area contributed by atoms with Gasteiger partial charge in [0.05, 0.1) is 18.2 Å². The maximum atomic E-state index is 13.3. The summed E-state index contributed by atoms with van der Waals surface area (Å²) in [5.74, 6) is -1.43. The molecule has 0 aromatic heterocycles. The van der Waals surface area contributed by atoms with Crippen LogP contribution in [-0.2, 0) is 16.0 Å². The molecule has 0 radical (unpaired) electrons. The molecule has 3 aromatic rings. The Morgan fingerprint density at radius 1 is 1.00 bits per heavy atom. The maximum Gasteiger partial charge on any atom is 0.295 e. The van der Waals surface area contributed by atoms with Crippen molar-refractivity contribution in [3.63, 3.8) is 0 Å². The van der Waals surface area contributed by atoms with Gasteiger partial charge in [-0.25, -0.2) is 4.39 Å². The Balaban J connectivity index is 1.73. The number of amides is 1. The van der Waals surface area contributed by atoms with Gasteiger partial charge >= 0.3 is 0 Å². The fraction of sp³-hybridized carbons (Fsp3) is 0.185. The van der Waals surface area contributed by atoms with E-state index in [1.165, 1.54) is 17.0 Å². The highest BCUT2D eigenvalue weighted by atomic mass is 35.5.